The van der Waals surface area contributed by atoms with Gasteiger partial charge in [-0.05, 0) is 0 Å². The van der Waals surface area contributed by atoms with Crippen molar-refractivity contribution in [1.29, 1.82) is 0 Å². The molecule has 0 unspecified atom stereocenters. The number of H-pyrrole nitrogens is 1. The normalized spacial score (nSPS) is 8.08. The molecule has 4 nitrogen and oxygen atoms in total. The number of rotatable bonds is 1. The van der Waals surface area contributed by atoms with Crippen molar-refractivity contribution < 1.29 is 32.7 Å². The van der Waals surface area contributed by atoms with Gasteiger partial charge < -0.3 is 18.9 Å². The summed E-state index contributed by atoms with van der Waals surface area (Å²) in [6.07, 6.45) is 1.41. The van der Waals surface area contributed by atoms with Gasteiger partial charge in [-0.2, -0.15) is 0 Å². The molecule has 5 heteroatoms. The Hall–Kier alpha value is -0.216. The average Bonchev–Trinajstić information content (AvgIpc) is 1.88. The van der Waals surface area contributed by atoms with E-state index in [1.807, 2.05) is 0 Å². The maximum atomic E-state index is 10.7. The van der Waals surface area contributed by atoms with E-state index in [4.69, 9.17) is 0 Å². The minimum atomic E-state index is -0.414. The molecule has 1 radical (unpaired) electrons. The van der Waals surface area contributed by atoms with Crippen LogP contribution in [-0.4, -0.2) is 9.55 Å². The van der Waals surface area contributed by atoms with Crippen LogP contribution in [0.1, 0.15) is 0 Å². The molecule has 12 heavy (non-hydrogen) atoms. The summed E-state index contributed by atoms with van der Waals surface area (Å²) in [5, 5.41) is 0. The first-order valence-corrected chi connectivity index (χ1v) is 2.83. The van der Waals surface area contributed by atoms with E-state index >= 15 is 0 Å². The fourth-order valence-electron chi connectivity index (χ4n) is 0.620. The van der Waals surface area contributed by atoms with Crippen molar-refractivity contribution in [1.82, 2.24) is 9.55 Å². The summed E-state index contributed by atoms with van der Waals surface area (Å²) < 4.78 is 1.31. The quantitative estimate of drug-likeness (QED) is 0.695. The van der Waals surface area contributed by atoms with E-state index in [-0.39, 0.29) is 45.7 Å². The van der Waals surface area contributed by atoms with E-state index in [9.17, 15) is 9.59 Å². The van der Waals surface area contributed by atoms with Crippen LogP contribution < -0.4 is 11.2 Å². The molecule has 0 fully saturated rings. The summed E-state index contributed by atoms with van der Waals surface area (Å²) in [5.74, 6) is 0. The average molecular weight is 243 g/mol. The first-order valence-electron chi connectivity index (χ1n) is 2.83. The van der Waals surface area contributed by atoms with Gasteiger partial charge in [0.1, 0.15) is 0 Å². The van der Waals surface area contributed by atoms with E-state index in [1.54, 1.807) is 0 Å². The smallest absolute Gasteiger partial charge is 0.325 e. The second-order valence-electron chi connectivity index (χ2n) is 1.80. The van der Waals surface area contributed by atoms with Crippen LogP contribution in [0.25, 0.3) is 0 Å². The van der Waals surface area contributed by atoms with Gasteiger partial charge in [-0.3, -0.25) is 9.78 Å². The van der Waals surface area contributed by atoms with Crippen LogP contribution in [-0.2, 0) is 39.3 Å². The van der Waals surface area contributed by atoms with Crippen molar-refractivity contribution in [2.24, 2.45) is 0 Å². The molecule has 0 saturated carbocycles. The first kappa shape index (κ1) is 14.3. The summed E-state index contributed by atoms with van der Waals surface area (Å²) in [4.78, 5) is 23.3. The van der Waals surface area contributed by atoms with E-state index < -0.39 is 5.69 Å². The summed E-state index contributed by atoms with van der Waals surface area (Å²) >= 11 is 0. The predicted octanol–water partition coefficient (Wildman–Crippen LogP) is -0.182. The zero-order chi connectivity index (χ0) is 7.56. The predicted molar refractivity (Wildman–Crippen MR) is 43.1 cm³/mol. The van der Waals surface area contributed by atoms with Gasteiger partial charge in [0.15, 0.2) is 0 Å². The van der Waals surface area contributed by atoms with Crippen LogP contribution in [0.5, 0.6) is 0 Å². The zero-order valence-corrected chi connectivity index (χ0v) is 9.75. The molecular formula is C7H10N2O2Y-2. The Morgan fingerprint density at radius 1 is 1.50 bits per heavy atom. The summed E-state index contributed by atoms with van der Waals surface area (Å²) in [7, 11) is 0. The van der Waals surface area contributed by atoms with Gasteiger partial charge in [-0.25, -0.2) is 4.79 Å². The fraction of sp³-hybridized carbons (Fsp3) is 0.143. The van der Waals surface area contributed by atoms with Crippen LogP contribution in [0.15, 0.2) is 21.9 Å². The number of aromatic amines is 1. The second-order valence-corrected chi connectivity index (χ2v) is 1.80. The number of nitrogens with one attached hydrogen (secondary N) is 1. The molecule has 1 aromatic heterocycles. The summed E-state index contributed by atoms with van der Waals surface area (Å²) in [5.41, 5.74) is -0.794. The van der Waals surface area contributed by atoms with E-state index in [0.717, 1.165) is 0 Å². The van der Waals surface area contributed by atoms with E-state index in [1.165, 1.54) is 16.8 Å². The Labute approximate surface area is 95.9 Å². The number of nitrogens with zero attached hydrogens (tertiary/aromatic N) is 1. The fourth-order valence-corrected chi connectivity index (χ4v) is 0.620. The minimum Gasteiger partial charge on any atom is -0.358 e. The summed E-state index contributed by atoms with van der Waals surface area (Å²) in [6.45, 7) is 3.82. The Bertz CT molecular complexity index is 329. The van der Waals surface area contributed by atoms with E-state index in [0.29, 0.717) is 6.54 Å². The van der Waals surface area contributed by atoms with Crippen LogP contribution in [0, 0.1) is 14.4 Å². The molecule has 0 amide bonds. The van der Waals surface area contributed by atoms with Crippen molar-refractivity contribution in [2.45, 2.75) is 6.54 Å². The van der Waals surface area contributed by atoms with Gasteiger partial charge in [0, 0.05) is 45.0 Å². The SMILES string of the molecule is [CH2-]Cn1ccc(=O)[nH]c1=O.[CH3-].[Y]. The number of aromatic nitrogens is 2. The molecule has 65 valence electrons. The topological polar surface area (TPSA) is 54.9 Å². The maximum Gasteiger partial charge on any atom is 0.325 e. The van der Waals surface area contributed by atoms with Crippen molar-refractivity contribution >= 4 is 0 Å². The third-order valence-electron chi connectivity index (χ3n) is 1.14. The molecule has 1 heterocycles. The Morgan fingerprint density at radius 2 is 2.08 bits per heavy atom. The standard InChI is InChI=1S/C6H7N2O2.CH3.Y/c1-2-8-4-3-5(9)7-6(8)10;;/h3-4H,1-2H2,(H,7,9,10);1H3;/q2*-1;. The second kappa shape index (κ2) is 6.32. The number of hydrogen-bond acceptors (Lipinski definition) is 2. The molecule has 1 rings (SSSR count). The Balaban J connectivity index is 0. The minimum absolute atomic E-state index is 0. The van der Waals surface area contributed by atoms with Crippen molar-refractivity contribution in [3.63, 3.8) is 0 Å². The third-order valence-corrected chi connectivity index (χ3v) is 1.14. The monoisotopic (exact) mass is 243 g/mol. The largest absolute Gasteiger partial charge is 0.358 e. The maximum absolute atomic E-state index is 10.7. The van der Waals surface area contributed by atoms with Gasteiger partial charge in [-0.1, -0.05) is 6.54 Å². The van der Waals surface area contributed by atoms with E-state index in [2.05, 4.69) is 11.9 Å². The van der Waals surface area contributed by atoms with Gasteiger partial charge in [0.2, 0.25) is 0 Å². The van der Waals surface area contributed by atoms with Gasteiger partial charge in [0.05, 0.1) is 0 Å². The Morgan fingerprint density at radius 3 is 2.50 bits per heavy atom. The van der Waals surface area contributed by atoms with Crippen molar-refractivity contribution in [3.05, 3.63) is 47.5 Å². The van der Waals surface area contributed by atoms with Crippen LogP contribution in [0.3, 0.4) is 0 Å². The van der Waals surface area contributed by atoms with Crippen molar-refractivity contribution in [2.75, 3.05) is 0 Å². The molecule has 0 aliphatic carbocycles. The molecule has 0 saturated heterocycles. The number of hydrogen-bond donors (Lipinski definition) is 1. The molecule has 0 aliphatic heterocycles. The van der Waals surface area contributed by atoms with Gasteiger partial charge >= 0.3 is 5.69 Å². The van der Waals surface area contributed by atoms with Crippen LogP contribution >= 0.6 is 0 Å². The molecule has 0 spiro atoms. The molecule has 1 aromatic rings. The zero-order valence-electron chi connectivity index (χ0n) is 6.91. The van der Waals surface area contributed by atoms with Gasteiger partial charge in [-0.15, -0.1) is 0 Å². The Kier molecular flexibility index (Phi) is 7.54. The molecule has 0 bridgehead atoms. The van der Waals surface area contributed by atoms with Crippen LogP contribution in [0.4, 0.5) is 0 Å². The van der Waals surface area contributed by atoms with Crippen molar-refractivity contribution in [3.8, 4) is 0 Å². The third kappa shape index (κ3) is 3.45. The van der Waals surface area contributed by atoms with Crippen LogP contribution in [0.2, 0.25) is 0 Å². The molecule has 0 aliphatic rings. The van der Waals surface area contributed by atoms with Gasteiger partial charge in [0.25, 0.3) is 5.56 Å². The first-order chi connectivity index (χ1) is 4.74. The molecule has 1 N–H and O–H groups in total. The molecular weight excluding hydrogens is 233 g/mol. The molecule has 0 aromatic carbocycles. The summed E-state index contributed by atoms with van der Waals surface area (Å²) in [6, 6.07) is 1.28. The molecule has 0 atom stereocenters.